The molecule has 0 fully saturated rings. The third-order valence-electron chi connectivity index (χ3n) is 3.50. The highest BCUT2D eigenvalue weighted by molar-refractivity contribution is 5.70. The smallest absolute Gasteiger partial charge is 0.334 e. The number of aryl methyl sites for hydroxylation is 2. The highest BCUT2D eigenvalue weighted by Gasteiger charge is 2.24. The van der Waals surface area contributed by atoms with Crippen LogP contribution in [0.1, 0.15) is 11.1 Å². The van der Waals surface area contributed by atoms with Crippen molar-refractivity contribution in [3.8, 4) is 5.82 Å². The van der Waals surface area contributed by atoms with Gasteiger partial charge in [0.1, 0.15) is 12.7 Å². The summed E-state index contributed by atoms with van der Waals surface area (Å²) in [4.78, 5) is 22.9. The number of hydrogen-bond donors (Lipinski definition) is 1. The summed E-state index contributed by atoms with van der Waals surface area (Å²) in [6.07, 6.45) is 5.86. The van der Waals surface area contributed by atoms with Gasteiger partial charge in [0.15, 0.2) is 0 Å². The van der Waals surface area contributed by atoms with Crippen LogP contribution in [-0.2, 0) is 0 Å². The number of imidazole rings is 1. The molecule has 0 aliphatic carbocycles. The zero-order valence-electron chi connectivity index (χ0n) is 12.6. The first-order valence-electron chi connectivity index (χ1n) is 6.88. The van der Waals surface area contributed by atoms with Gasteiger partial charge in [-0.05, 0) is 37.1 Å². The van der Waals surface area contributed by atoms with Gasteiger partial charge < -0.3 is 5.32 Å². The second kappa shape index (κ2) is 5.84. The van der Waals surface area contributed by atoms with Crippen LogP contribution in [0.3, 0.4) is 0 Å². The third kappa shape index (κ3) is 2.86. The Morgan fingerprint density at radius 3 is 2.70 bits per heavy atom. The molecule has 0 aliphatic heterocycles. The second-order valence-electron chi connectivity index (χ2n) is 5.05. The van der Waals surface area contributed by atoms with Crippen LogP contribution in [0.25, 0.3) is 5.82 Å². The Morgan fingerprint density at radius 1 is 1.22 bits per heavy atom. The molecule has 0 saturated carbocycles. The average Bonchev–Trinajstić information content (AvgIpc) is 3.05. The Bertz CT molecular complexity index is 860. The van der Waals surface area contributed by atoms with E-state index >= 15 is 0 Å². The molecule has 0 amide bonds. The fourth-order valence-corrected chi connectivity index (χ4v) is 2.16. The van der Waals surface area contributed by atoms with Crippen molar-refractivity contribution in [3.05, 3.63) is 64.5 Å². The van der Waals surface area contributed by atoms with E-state index in [4.69, 9.17) is 0 Å². The lowest BCUT2D eigenvalue weighted by molar-refractivity contribution is -0.384. The van der Waals surface area contributed by atoms with Crippen LogP contribution in [-0.4, -0.2) is 24.4 Å². The van der Waals surface area contributed by atoms with E-state index in [2.05, 4.69) is 20.3 Å². The molecule has 3 rings (SSSR count). The normalized spacial score (nSPS) is 10.5. The Morgan fingerprint density at radius 2 is 2.04 bits per heavy atom. The summed E-state index contributed by atoms with van der Waals surface area (Å²) < 4.78 is 1.48. The van der Waals surface area contributed by atoms with E-state index < -0.39 is 4.92 Å². The van der Waals surface area contributed by atoms with Gasteiger partial charge in [-0.3, -0.25) is 14.7 Å². The maximum absolute atomic E-state index is 11.5. The molecule has 0 aliphatic rings. The molecule has 1 N–H and O–H groups in total. The van der Waals surface area contributed by atoms with E-state index in [0.717, 1.165) is 16.8 Å². The number of aromatic nitrogens is 4. The lowest BCUT2D eigenvalue weighted by Gasteiger charge is -2.10. The molecule has 0 spiro atoms. The Hall–Kier alpha value is -3.29. The number of nitrogens with zero attached hydrogens (tertiary/aromatic N) is 5. The third-order valence-corrected chi connectivity index (χ3v) is 3.50. The van der Waals surface area contributed by atoms with Gasteiger partial charge in [-0.15, -0.1) is 0 Å². The summed E-state index contributed by atoms with van der Waals surface area (Å²) in [5, 5.41) is 14.5. The first kappa shape index (κ1) is 14.6. The van der Waals surface area contributed by atoms with Crippen LogP contribution >= 0.6 is 0 Å². The van der Waals surface area contributed by atoms with Gasteiger partial charge in [0.05, 0.1) is 4.92 Å². The van der Waals surface area contributed by atoms with Crippen LogP contribution in [0.4, 0.5) is 17.2 Å². The van der Waals surface area contributed by atoms with Crippen molar-refractivity contribution in [1.29, 1.82) is 0 Å². The summed E-state index contributed by atoms with van der Waals surface area (Å²) in [6, 6.07) is 5.71. The molecule has 2 aromatic heterocycles. The van der Waals surface area contributed by atoms with E-state index in [-0.39, 0.29) is 17.3 Å². The van der Waals surface area contributed by atoms with Gasteiger partial charge in [-0.1, -0.05) is 6.07 Å². The minimum atomic E-state index is -0.501. The van der Waals surface area contributed by atoms with Crippen molar-refractivity contribution in [2.45, 2.75) is 13.8 Å². The predicted octanol–water partition coefficient (Wildman–Crippen LogP) is 2.93. The topological polar surface area (TPSA) is 98.8 Å². The molecule has 1 aromatic carbocycles. The molecule has 23 heavy (non-hydrogen) atoms. The predicted molar refractivity (Wildman–Crippen MR) is 85.0 cm³/mol. The first-order valence-corrected chi connectivity index (χ1v) is 6.88. The maximum atomic E-state index is 11.5. The summed E-state index contributed by atoms with van der Waals surface area (Å²) in [6.45, 7) is 3.98. The molecular formula is C15H14N6O2. The molecular weight excluding hydrogens is 296 g/mol. The molecule has 8 nitrogen and oxygen atoms in total. The largest absolute Gasteiger partial charge is 0.354 e. The van der Waals surface area contributed by atoms with Crippen LogP contribution in [0.5, 0.6) is 0 Å². The lowest BCUT2D eigenvalue weighted by Crippen LogP contribution is -2.07. The van der Waals surface area contributed by atoms with Gasteiger partial charge in [-0.25, -0.2) is 15.0 Å². The highest BCUT2D eigenvalue weighted by Crippen LogP contribution is 2.30. The Balaban J connectivity index is 2.07. The van der Waals surface area contributed by atoms with Gasteiger partial charge >= 0.3 is 5.69 Å². The summed E-state index contributed by atoms with van der Waals surface area (Å²) in [7, 11) is 0. The molecule has 0 radical (unpaired) electrons. The minimum absolute atomic E-state index is 0.136. The van der Waals surface area contributed by atoms with Crippen molar-refractivity contribution < 1.29 is 4.92 Å². The number of nitro groups is 1. The molecule has 2 heterocycles. The summed E-state index contributed by atoms with van der Waals surface area (Å²) in [5.41, 5.74) is 2.75. The van der Waals surface area contributed by atoms with Gasteiger partial charge in [0.25, 0.3) is 0 Å². The number of nitrogens with one attached hydrogen (secondary N) is 1. The fraction of sp³-hybridized carbons (Fsp3) is 0.133. The monoisotopic (exact) mass is 310 g/mol. The van der Waals surface area contributed by atoms with Crippen LogP contribution in [0.2, 0.25) is 0 Å². The quantitative estimate of drug-likeness (QED) is 0.587. The van der Waals surface area contributed by atoms with Crippen LogP contribution in [0, 0.1) is 24.0 Å². The van der Waals surface area contributed by atoms with E-state index in [1.165, 1.54) is 23.4 Å². The van der Waals surface area contributed by atoms with Crippen molar-refractivity contribution >= 4 is 17.2 Å². The fourth-order valence-electron chi connectivity index (χ4n) is 2.16. The van der Waals surface area contributed by atoms with Gasteiger partial charge in [0, 0.05) is 18.1 Å². The maximum Gasteiger partial charge on any atom is 0.354 e. The molecule has 8 heteroatoms. The number of rotatable bonds is 4. The molecule has 0 unspecified atom stereocenters. The molecule has 3 aromatic rings. The van der Waals surface area contributed by atoms with Crippen molar-refractivity contribution in [3.63, 3.8) is 0 Å². The number of anilines is 2. The molecule has 0 bridgehead atoms. The number of benzene rings is 1. The summed E-state index contributed by atoms with van der Waals surface area (Å²) >= 11 is 0. The second-order valence-corrected chi connectivity index (χ2v) is 5.05. The minimum Gasteiger partial charge on any atom is -0.334 e. The zero-order valence-corrected chi connectivity index (χ0v) is 12.6. The Kier molecular flexibility index (Phi) is 3.71. The van der Waals surface area contributed by atoms with Gasteiger partial charge in [0.2, 0.25) is 11.6 Å². The van der Waals surface area contributed by atoms with Crippen molar-refractivity contribution in [1.82, 2.24) is 19.5 Å². The van der Waals surface area contributed by atoms with E-state index in [1.54, 1.807) is 6.20 Å². The van der Waals surface area contributed by atoms with Crippen LogP contribution < -0.4 is 5.32 Å². The molecule has 0 saturated heterocycles. The van der Waals surface area contributed by atoms with Gasteiger partial charge in [-0.2, -0.15) is 0 Å². The first-order chi connectivity index (χ1) is 11.1. The lowest BCUT2D eigenvalue weighted by atomic mass is 10.1. The van der Waals surface area contributed by atoms with E-state index in [0.29, 0.717) is 0 Å². The molecule has 116 valence electrons. The Labute approximate surface area is 132 Å². The average molecular weight is 310 g/mol. The highest BCUT2D eigenvalue weighted by atomic mass is 16.6. The van der Waals surface area contributed by atoms with E-state index in [9.17, 15) is 10.1 Å². The summed E-state index contributed by atoms with van der Waals surface area (Å²) in [5.74, 6) is 0.297. The SMILES string of the molecule is Cc1ccc(Nc2ncnc(-n3ccnc3)c2[N+](=O)[O-])cc1C. The van der Waals surface area contributed by atoms with Crippen LogP contribution in [0.15, 0.2) is 43.2 Å². The number of hydrogen-bond acceptors (Lipinski definition) is 6. The van der Waals surface area contributed by atoms with E-state index in [1.807, 2.05) is 32.0 Å². The van der Waals surface area contributed by atoms with Crippen molar-refractivity contribution in [2.24, 2.45) is 0 Å². The molecule has 0 atom stereocenters. The van der Waals surface area contributed by atoms with Crippen molar-refractivity contribution in [2.75, 3.05) is 5.32 Å². The zero-order chi connectivity index (χ0) is 16.4. The standard InChI is InChI=1S/C15H14N6O2/c1-10-3-4-12(7-11(10)2)19-14-13(21(22)23)15(18-8-17-14)20-6-5-16-9-20/h3-9H,1-2H3,(H,17,18,19).